The number of ether oxygens (including phenoxy) is 2. The topological polar surface area (TPSA) is 122 Å². The van der Waals surface area contributed by atoms with Gasteiger partial charge in [-0.15, -0.1) is 0 Å². The first-order valence-electron chi connectivity index (χ1n) is 17.7. The average molecular weight is 743 g/mol. The minimum absolute atomic E-state index is 0.0872. The van der Waals surface area contributed by atoms with E-state index in [9.17, 15) is 9.59 Å². The molecule has 0 unspecified atom stereocenters. The molecule has 52 heavy (non-hydrogen) atoms. The van der Waals surface area contributed by atoms with Crippen LogP contribution in [0.4, 0.5) is 0 Å². The number of hydrogen-bond acceptors (Lipinski definition) is 9. The summed E-state index contributed by atoms with van der Waals surface area (Å²) < 4.78 is 11.5. The van der Waals surface area contributed by atoms with Crippen molar-refractivity contribution >= 4 is 35.0 Å². The number of carbonyl (C=O) groups excluding carboxylic acids is 2. The molecule has 3 fully saturated rings. The van der Waals surface area contributed by atoms with E-state index in [4.69, 9.17) is 42.6 Å². The quantitative estimate of drug-likeness (QED) is 0.210. The number of amides is 2. The maximum Gasteiger partial charge on any atom is 0.237 e. The van der Waals surface area contributed by atoms with Gasteiger partial charge in [0.15, 0.2) is 0 Å². The normalized spacial score (nSPS) is 20.3. The number of carbonyl (C=O) groups is 2. The van der Waals surface area contributed by atoms with Crippen molar-refractivity contribution in [3.63, 3.8) is 0 Å². The van der Waals surface area contributed by atoms with Gasteiger partial charge in [0.2, 0.25) is 23.6 Å². The van der Waals surface area contributed by atoms with Crippen LogP contribution in [0.25, 0.3) is 33.6 Å². The minimum atomic E-state index is 0.0872. The molecule has 0 radical (unpaired) electrons. The van der Waals surface area contributed by atoms with Crippen molar-refractivity contribution in [2.24, 2.45) is 5.41 Å². The second-order valence-electron chi connectivity index (χ2n) is 14.4. The SMILES string of the molecule is COc1nc(-c2cccc(-c3cccc(-c4cc5c(c(OC)n4)[C@@H](N4CC6(CN(C(C)=O)C6)C4)CC5)c3Cl)c2Cl)cnc1CNC[C@@H]1CCC(=O)N1. The third kappa shape index (κ3) is 6.27. The number of nitrogens with one attached hydrogen (secondary N) is 2. The molecular formula is C39H41Cl2N7O4. The van der Waals surface area contributed by atoms with Crippen LogP contribution in [0.15, 0.2) is 48.7 Å². The molecule has 270 valence electrons. The van der Waals surface area contributed by atoms with Gasteiger partial charge in [-0.2, -0.15) is 0 Å². The zero-order chi connectivity index (χ0) is 36.1. The second kappa shape index (κ2) is 13.9. The molecule has 4 aromatic rings. The van der Waals surface area contributed by atoms with E-state index >= 15 is 0 Å². The van der Waals surface area contributed by atoms with Gasteiger partial charge in [0, 0.05) is 97.9 Å². The number of hydrogen-bond donors (Lipinski definition) is 2. The van der Waals surface area contributed by atoms with Gasteiger partial charge in [-0.05, 0) is 30.9 Å². The van der Waals surface area contributed by atoms with E-state index in [1.165, 1.54) is 5.56 Å². The molecule has 2 amide bonds. The highest BCUT2D eigenvalue weighted by atomic mass is 35.5. The van der Waals surface area contributed by atoms with Crippen molar-refractivity contribution in [2.45, 2.75) is 51.2 Å². The third-order valence-electron chi connectivity index (χ3n) is 11.0. The highest BCUT2D eigenvalue weighted by molar-refractivity contribution is 6.39. The first kappa shape index (κ1) is 34.8. The van der Waals surface area contributed by atoms with Crippen LogP contribution in [-0.4, -0.2) is 89.6 Å². The van der Waals surface area contributed by atoms with Gasteiger partial charge in [-0.25, -0.2) is 9.97 Å². The number of aromatic nitrogens is 3. The predicted molar refractivity (Wildman–Crippen MR) is 199 cm³/mol. The smallest absolute Gasteiger partial charge is 0.237 e. The molecule has 8 rings (SSSR count). The van der Waals surface area contributed by atoms with Crippen molar-refractivity contribution in [1.82, 2.24) is 35.4 Å². The van der Waals surface area contributed by atoms with Gasteiger partial charge in [0.25, 0.3) is 0 Å². The molecule has 2 N–H and O–H groups in total. The molecule has 2 atom stereocenters. The Balaban J connectivity index is 1.03. The molecule has 11 nitrogen and oxygen atoms in total. The first-order valence-corrected chi connectivity index (χ1v) is 18.5. The van der Waals surface area contributed by atoms with Gasteiger partial charge < -0.3 is 25.0 Å². The van der Waals surface area contributed by atoms with Crippen LogP contribution in [0.2, 0.25) is 10.0 Å². The van der Waals surface area contributed by atoms with Crippen molar-refractivity contribution in [3.05, 3.63) is 75.5 Å². The number of rotatable bonds is 10. The Labute approximate surface area is 313 Å². The van der Waals surface area contributed by atoms with Crippen molar-refractivity contribution in [3.8, 4) is 45.4 Å². The molecule has 3 saturated heterocycles. The van der Waals surface area contributed by atoms with Crippen LogP contribution in [0.5, 0.6) is 11.8 Å². The first-order chi connectivity index (χ1) is 25.2. The van der Waals surface area contributed by atoms with Crippen molar-refractivity contribution in [2.75, 3.05) is 46.9 Å². The Hall–Kier alpha value is -4.29. The number of benzene rings is 2. The number of aryl methyl sites for hydroxylation is 1. The molecule has 5 heterocycles. The van der Waals surface area contributed by atoms with Gasteiger partial charge >= 0.3 is 0 Å². The molecule has 0 bridgehead atoms. The van der Waals surface area contributed by atoms with Crippen molar-refractivity contribution in [1.29, 1.82) is 0 Å². The zero-order valence-electron chi connectivity index (χ0n) is 29.5. The summed E-state index contributed by atoms with van der Waals surface area (Å²) in [5.74, 6) is 1.28. The third-order valence-corrected chi connectivity index (χ3v) is 11.8. The van der Waals surface area contributed by atoms with E-state index in [1.807, 2.05) is 41.3 Å². The highest BCUT2D eigenvalue weighted by Gasteiger charge is 2.55. The summed E-state index contributed by atoms with van der Waals surface area (Å²) in [6, 6.07) is 14.2. The number of methoxy groups -OCH3 is 2. The van der Waals surface area contributed by atoms with E-state index in [0.717, 1.165) is 73.4 Å². The molecule has 2 aromatic heterocycles. The van der Waals surface area contributed by atoms with E-state index in [0.29, 0.717) is 58.3 Å². The van der Waals surface area contributed by atoms with Crippen LogP contribution in [-0.2, 0) is 22.6 Å². The lowest BCUT2D eigenvalue weighted by atomic mass is 9.72. The summed E-state index contributed by atoms with van der Waals surface area (Å²) in [5, 5.41) is 7.34. The van der Waals surface area contributed by atoms with E-state index < -0.39 is 0 Å². The summed E-state index contributed by atoms with van der Waals surface area (Å²) in [6.45, 7) is 6.41. The molecule has 13 heteroatoms. The fourth-order valence-corrected chi connectivity index (χ4v) is 8.99. The maximum absolute atomic E-state index is 11.8. The number of pyridine rings is 1. The summed E-state index contributed by atoms with van der Waals surface area (Å²) >= 11 is 14.3. The number of likely N-dealkylation sites (tertiary alicyclic amines) is 2. The summed E-state index contributed by atoms with van der Waals surface area (Å²) in [7, 11) is 3.25. The lowest BCUT2D eigenvalue weighted by Gasteiger charge is -2.61. The number of halogens is 2. The van der Waals surface area contributed by atoms with Crippen molar-refractivity contribution < 1.29 is 19.1 Å². The standard InChI is InChI=1S/C39H41Cl2N7O4/c1-22(49)47-18-39(19-47)20-48(21-39)32-12-10-23-14-29(45-38(52-3)34(23)32)27-8-4-6-25(35(27)40)26-7-5-9-28(36(26)41)30-17-43-31(37(46-30)51-2)16-42-15-24-11-13-33(50)44-24/h4-9,14,17,24,32,42H,10-13,15-16,18-21H2,1-3H3,(H,44,50)/t24-,32-/m0/s1. The van der Waals surface area contributed by atoms with Crippen LogP contribution in [0, 0.1) is 5.41 Å². The summed E-state index contributed by atoms with van der Waals surface area (Å²) in [6.07, 6.45) is 5.01. The van der Waals surface area contributed by atoms with Crippen LogP contribution < -0.4 is 20.1 Å². The van der Waals surface area contributed by atoms with Gasteiger partial charge in [-0.1, -0.05) is 59.6 Å². The molecule has 2 aromatic carbocycles. The van der Waals surface area contributed by atoms with E-state index in [1.54, 1.807) is 27.3 Å². The Kier molecular flexibility index (Phi) is 9.31. The molecule has 0 saturated carbocycles. The monoisotopic (exact) mass is 741 g/mol. The zero-order valence-corrected chi connectivity index (χ0v) is 31.0. The number of fused-ring (bicyclic) bond motifs is 1. The van der Waals surface area contributed by atoms with Crippen LogP contribution >= 0.6 is 23.2 Å². The summed E-state index contributed by atoms with van der Waals surface area (Å²) in [4.78, 5) is 42.2. The van der Waals surface area contributed by atoms with E-state index in [-0.39, 0.29) is 29.3 Å². The predicted octanol–water partition coefficient (Wildman–Crippen LogP) is 5.72. The Morgan fingerprint density at radius 1 is 0.923 bits per heavy atom. The molecule has 1 aliphatic carbocycles. The fourth-order valence-electron chi connectivity index (χ4n) is 8.34. The summed E-state index contributed by atoms with van der Waals surface area (Å²) in [5.41, 5.74) is 7.64. The van der Waals surface area contributed by atoms with E-state index in [2.05, 4.69) is 26.6 Å². The lowest BCUT2D eigenvalue weighted by Crippen LogP contribution is -2.72. The maximum atomic E-state index is 11.8. The Morgan fingerprint density at radius 2 is 1.58 bits per heavy atom. The Bertz CT molecular complexity index is 2060. The number of nitrogens with zero attached hydrogens (tertiary/aromatic N) is 5. The second-order valence-corrected chi connectivity index (χ2v) is 15.2. The highest BCUT2D eigenvalue weighted by Crippen LogP contribution is 2.50. The van der Waals surface area contributed by atoms with Crippen LogP contribution in [0.3, 0.4) is 0 Å². The Morgan fingerprint density at radius 3 is 2.21 bits per heavy atom. The molecule has 4 aliphatic rings. The van der Waals surface area contributed by atoms with Gasteiger partial charge in [-0.3, -0.25) is 19.5 Å². The van der Waals surface area contributed by atoms with Crippen LogP contribution in [0.1, 0.15) is 49.0 Å². The van der Waals surface area contributed by atoms with Gasteiger partial charge in [0.1, 0.15) is 5.69 Å². The average Bonchev–Trinajstić information content (AvgIpc) is 3.73. The fraction of sp³-hybridized carbons (Fsp3) is 0.410. The lowest BCUT2D eigenvalue weighted by molar-refractivity contribution is -0.161. The molecule has 1 spiro atoms. The minimum Gasteiger partial charge on any atom is -0.481 e. The van der Waals surface area contributed by atoms with Gasteiger partial charge in [0.05, 0.1) is 41.8 Å². The molecule has 3 aliphatic heterocycles. The molecular weight excluding hydrogens is 701 g/mol. The largest absolute Gasteiger partial charge is 0.481 e.